The van der Waals surface area contributed by atoms with Crippen LogP contribution in [0, 0.1) is 0 Å². The first-order valence-electron chi connectivity index (χ1n) is 7.15. The number of benzene rings is 1. The molecule has 1 saturated heterocycles. The van der Waals surface area contributed by atoms with Gasteiger partial charge in [0.15, 0.2) is 0 Å². The fourth-order valence-corrected chi connectivity index (χ4v) is 4.45. The van der Waals surface area contributed by atoms with E-state index in [1.165, 1.54) is 10.4 Å². The molecule has 0 aliphatic carbocycles. The zero-order chi connectivity index (χ0) is 15.0. The summed E-state index contributed by atoms with van der Waals surface area (Å²) in [6, 6.07) is 4.70. The molecule has 1 aromatic rings. The lowest BCUT2D eigenvalue weighted by Crippen LogP contribution is -2.45. The smallest absolute Gasteiger partial charge is 0.251 e. The molecule has 6 nitrogen and oxygen atoms in total. The van der Waals surface area contributed by atoms with Gasteiger partial charge in [-0.1, -0.05) is 6.07 Å². The average Bonchev–Trinajstić information content (AvgIpc) is 2.47. The van der Waals surface area contributed by atoms with E-state index in [2.05, 4.69) is 5.32 Å². The van der Waals surface area contributed by atoms with E-state index in [0.717, 1.165) is 24.8 Å². The number of fused-ring (bicyclic) bond motifs is 1. The minimum atomic E-state index is -3.58. The number of piperidine rings is 1. The van der Waals surface area contributed by atoms with Crippen LogP contribution in [0.25, 0.3) is 0 Å². The third kappa shape index (κ3) is 3.12. The number of carbonyl (C=O) groups is 1. The first-order valence-corrected chi connectivity index (χ1v) is 8.59. The molecule has 0 aromatic heterocycles. The zero-order valence-electron chi connectivity index (χ0n) is 12.1. The molecule has 122 valence electrons. The van der Waals surface area contributed by atoms with Gasteiger partial charge in [0.25, 0.3) is 5.91 Å². The van der Waals surface area contributed by atoms with Gasteiger partial charge in [-0.25, -0.2) is 8.42 Å². The van der Waals surface area contributed by atoms with Crippen molar-refractivity contribution in [2.45, 2.75) is 30.2 Å². The molecule has 0 radical (unpaired) electrons. The summed E-state index contributed by atoms with van der Waals surface area (Å²) in [5.41, 5.74) is 7.22. The maximum Gasteiger partial charge on any atom is 0.251 e. The van der Waals surface area contributed by atoms with Crippen molar-refractivity contribution in [2.24, 2.45) is 5.73 Å². The van der Waals surface area contributed by atoms with Crippen molar-refractivity contribution in [1.29, 1.82) is 0 Å². The molecule has 8 heteroatoms. The maximum atomic E-state index is 12.7. The van der Waals surface area contributed by atoms with Gasteiger partial charge in [-0.05, 0) is 37.0 Å². The molecule has 1 fully saturated rings. The van der Waals surface area contributed by atoms with Crippen molar-refractivity contribution in [2.75, 3.05) is 19.6 Å². The van der Waals surface area contributed by atoms with Crippen LogP contribution in [0.4, 0.5) is 0 Å². The Morgan fingerprint density at radius 2 is 2.09 bits per heavy atom. The molecule has 1 aromatic carbocycles. The highest BCUT2D eigenvalue weighted by Crippen LogP contribution is 2.24. The number of nitrogens with one attached hydrogen (secondary N) is 1. The summed E-state index contributed by atoms with van der Waals surface area (Å²) in [5.74, 6) is -0.205. The molecule has 1 unspecified atom stereocenters. The summed E-state index contributed by atoms with van der Waals surface area (Å²) in [4.78, 5) is 12.0. The highest BCUT2D eigenvalue weighted by Gasteiger charge is 2.30. The monoisotopic (exact) mass is 345 g/mol. The molecular formula is C14H20ClN3O3S. The van der Waals surface area contributed by atoms with E-state index in [0.29, 0.717) is 25.2 Å². The van der Waals surface area contributed by atoms with Gasteiger partial charge in [-0.2, -0.15) is 4.31 Å². The van der Waals surface area contributed by atoms with Crippen molar-refractivity contribution < 1.29 is 13.2 Å². The third-order valence-corrected chi connectivity index (χ3v) is 5.93. The predicted octanol–water partition coefficient (Wildman–Crippen LogP) is 0.506. The SMILES string of the molecule is Cl.NC1CCCN(S(=O)(=O)c2ccc3c(c2)C(=O)NCC3)C1. The fourth-order valence-electron chi connectivity index (χ4n) is 2.89. The van der Waals surface area contributed by atoms with Crippen LogP contribution < -0.4 is 11.1 Å². The van der Waals surface area contributed by atoms with E-state index >= 15 is 0 Å². The number of amides is 1. The molecule has 1 atom stereocenters. The van der Waals surface area contributed by atoms with Crippen LogP contribution in [0.1, 0.15) is 28.8 Å². The largest absolute Gasteiger partial charge is 0.352 e. The van der Waals surface area contributed by atoms with E-state index in [1.54, 1.807) is 12.1 Å². The quantitative estimate of drug-likeness (QED) is 0.816. The number of nitrogens with two attached hydrogens (primary N) is 1. The van der Waals surface area contributed by atoms with E-state index in [-0.39, 0.29) is 29.3 Å². The van der Waals surface area contributed by atoms with Crippen LogP contribution in [-0.4, -0.2) is 44.3 Å². The predicted molar refractivity (Wildman–Crippen MR) is 85.7 cm³/mol. The number of sulfonamides is 1. The summed E-state index contributed by atoms with van der Waals surface area (Å²) >= 11 is 0. The van der Waals surface area contributed by atoms with Crippen molar-refractivity contribution in [3.05, 3.63) is 29.3 Å². The molecule has 2 heterocycles. The summed E-state index contributed by atoms with van der Waals surface area (Å²) in [6.07, 6.45) is 2.35. The highest BCUT2D eigenvalue weighted by atomic mass is 35.5. The van der Waals surface area contributed by atoms with Crippen molar-refractivity contribution in [1.82, 2.24) is 9.62 Å². The minimum Gasteiger partial charge on any atom is -0.352 e. The van der Waals surface area contributed by atoms with Gasteiger partial charge in [0.1, 0.15) is 0 Å². The Bertz CT molecular complexity index is 678. The summed E-state index contributed by atoms with van der Waals surface area (Å²) < 4.78 is 26.7. The number of carbonyl (C=O) groups excluding carboxylic acids is 1. The van der Waals surface area contributed by atoms with Crippen LogP contribution in [0.15, 0.2) is 23.1 Å². The Kier molecular flexibility index (Phi) is 5.11. The normalized spacial score (nSPS) is 22.4. The Morgan fingerprint density at radius 1 is 1.32 bits per heavy atom. The zero-order valence-corrected chi connectivity index (χ0v) is 13.8. The van der Waals surface area contributed by atoms with E-state index in [9.17, 15) is 13.2 Å². The molecular weight excluding hydrogens is 326 g/mol. The van der Waals surface area contributed by atoms with E-state index < -0.39 is 10.0 Å². The summed E-state index contributed by atoms with van der Waals surface area (Å²) in [7, 11) is -3.58. The Balaban J connectivity index is 0.00000176. The first-order chi connectivity index (χ1) is 9.98. The van der Waals surface area contributed by atoms with Crippen molar-refractivity contribution >= 4 is 28.3 Å². The second kappa shape index (κ2) is 6.54. The molecule has 2 aliphatic heterocycles. The third-order valence-electron chi connectivity index (χ3n) is 4.06. The highest BCUT2D eigenvalue weighted by molar-refractivity contribution is 7.89. The number of rotatable bonds is 2. The Morgan fingerprint density at radius 3 is 2.82 bits per heavy atom. The first kappa shape index (κ1) is 17.2. The molecule has 0 bridgehead atoms. The number of hydrogen-bond donors (Lipinski definition) is 2. The fraction of sp³-hybridized carbons (Fsp3) is 0.500. The molecule has 3 N–H and O–H groups in total. The van der Waals surface area contributed by atoms with Gasteiger partial charge in [0.2, 0.25) is 10.0 Å². The van der Waals surface area contributed by atoms with Crippen LogP contribution in [0.2, 0.25) is 0 Å². The van der Waals surface area contributed by atoms with Gasteiger partial charge in [0.05, 0.1) is 4.90 Å². The topological polar surface area (TPSA) is 92.5 Å². The number of nitrogens with zero attached hydrogens (tertiary/aromatic N) is 1. The number of hydrogen-bond acceptors (Lipinski definition) is 4. The van der Waals surface area contributed by atoms with Crippen LogP contribution in [0.5, 0.6) is 0 Å². The van der Waals surface area contributed by atoms with Gasteiger partial charge < -0.3 is 11.1 Å². The molecule has 0 saturated carbocycles. The minimum absolute atomic E-state index is 0. The second-order valence-corrected chi connectivity index (χ2v) is 7.53. The van der Waals surface area contributed by atoms with Crippen molar-refractivity contribution in [3.63, 3.8) is 0 Å². The summed E-state index contributed by atoms with van der Waals surface area (Å²) in [6.45, 7) is 1.42. The Hall–Kier alpha value is -1.15. The summed E-state index contributed by atoms with van der Waals surface area (Å²) in [5, 5.41) is 2.74. The lowest BCUT2D eigenvalue weighted by Gasteiger charge is -2.30. The molecule has 22 heavy (non-hydrogen) atoms. The van der Waals surface area contributed by atoms with Gasteiger partial charge >= 0.3 is 0 Å². The van der Waals surface area contributed by atoms with Gasteiger partial charge in [-0.15, -0.1) is 12.4 Å². The lowest BCUT2D eigenvalue weighted by molar-refractivity contribution is 0.0945. The van der Waals surface area contributed by atoms with Gasteiger partial charge in [-0.3, -0.25) is 4.79 Å². The lowest BCUT2D eigenvalue weighted by atomic mass is 10.0. The van der Waals surface area contributed by atoms with E-state index in [1.807, 2.05) is 0 Å². The molecule has 1 amide bonds. The van der Waals surface area contributed by atoms with Crippen LogP contribution in [-0.2, 0) is 16.4 Å². The average molecular weight is 346 g/mol. The van der Waals surface area contributed by atoms with Crippen molar-refractivity contribution in [3.8, 4) is 0 Å². The van der Waals surface area contributed by atoms with Crippen LogP contribution in [0.3, 0.4) is 0 Å². The Labute approximate surface area is 136 Å². The molecule has 2 aliphatic rings. The van der Waals surface area contributed by atoms with Gasteiger partial charge in [0, 0.05) is 31.2 Å². The number of halogens is 1. The molecule has 0 spiro atoms. The standard InChI is InChI=1S/C14H19N3O3S.ClH/c15-11-2-1-7-17(9-11)21(19,20)12-4-3-10-5-6-16-14(18)13(10)8-12;/h3-4,8,11H,1-2,5-7,9,15H2,(H,16,18);1H. The van der Waals surface area contributed by atoms with E-state index in [4.69, 9.17) is 5.73 Å². The second-order valence-electron chi connectivity index (χ2n) is 5.59. The maximum absolute atomic E-state index is 12.7. The molecule has 3 rings (SSSR count). The van der Waals surface area contributed by atoms with Crippen LogP contribution >= 0.6 is 12.4 Å².